The minimum atomic E-state index is 0.0366. The predicted molar refractivity (Wildman–Crippen MR) is 70.1 cm³/mol. The molecular formula is C13H23N3O. The molecule has 0 radical (unpaired) electrons. The Balaban J connectivity index is 2.31. The van der Waals surface area contributed by atoms with Crippen molar-refractivity contribution in [2.45, 2.75) is 52.1 Å². The van der Waals surface area contributed by atoms with Crippen molar-refractivity contribution >= 4 is 0 Å². The van der Waals surface area contributed by atoms with E-state index in [0.717, 1.165) is 32.4 Å². The molecule has 1 atom stereocenters. The van der Waals surface area contributed by atoms with E-state index in [-0.39, 0.29) is 5.56 Å². The molecule has 0 aliphatic carbocycles. The van der Waals surface area contributed by atoms with Crippen LogP contribution in [0.15, 0.2) is 23.4 Å². The number of nitrogens with zero attached hydrogens (tertiary/aromatic N) is 2. The molecule has 0 amide bonds. The molecule has 0 saturated heterocycles. The van der Waals surface area contributed by atoms with Gasteiger partial charge in [-0.05, 0) is 32.2 Å². The normalized spacial score (nSPS) is 12.6. The van der Waals surface area contributed by atoms with Gasteiger partial charge in [0, 0.05) is 24.8 Å². The van der Waals surface area contributed by atoms with Gasteiger partial charge in [0.15, 0.2) is 0 Å². The van der Waals surface area contributed by atoms with Crippen molar-refractivity contribution < 1.29 is 0 Å². The van der Waals surface area contributed by atoms with E-state index in [1.807, 2.05) is 0 Å². The largest absolute Gasteiger partial charge is 0.314 e. The number of hydrogen-bond acceptors (Lipinski definition) is 3. The summed E-state index contributed by atoms with van der Waals surface area (Å²) in [6, 6.07) is 2.08. The van der Waals surface area contributed by atoms with Crippen molar-refractivity contribution in [2.75, 3.05) is 6.54 Å². The standard InChI is InChI=1S/C13H23N3O/c1-3-8-15-12(4-2)6-5-10-16-11-14-9-7-13(16)17/h7,9,11-12,15H,3-6,8,10H2,1-2H3. The maximum atomic E-state index is 11.4. The molecule has 1 heterocycles. The van der Waals surface area contributed by atoms with Gasteiger partial charge in [0.25, 0.3) is 5.56 Å². The number of rotatable bonds is 8. The van der Waals surface area contributed by atoms with Crippen molar-refractivity contribution in [1.82, 2.24) is 14.9 Å². The Labute approximate surface area is 103 Å². The molecule has 1 rings (SSSR count). The van der Waals surface area contributed by atoms with Crippen LogP contribution in [0.4, 0.5) is 0 Å². The second-order valence-electron chi connectivity index (χ2n) is 4.31. The highest BCUT2D eigenvalue weighted by molar-refractivity contribution is 4.81. The third-order valence-electron chi connectivity index (χ3n) is 2.92. The summed E-state index contributed by atoms with van der Waals surface area (Å²) >= 11 is 0. The van der Waals surface area contributed by atoms with Crippen molar-refractivity contribution in [3.63, 3.8) is 0 Å². The van der Waals surface area contributed by atoms with Gasteiger partial charge in [-0.25, -0.2) is 4.98 Å². The third-order valence-corrected chi connectivity index (χ3v) is 2.92. The monoisotopic (exact) mass is 237 g/mol. The lowest BCUT2D eigenvalue weighted by Crippen LogP contribution is -2.29. The van der Waals surface area contributed by atoms with E-state index in [1.165, 1.54) is 18.7 Å². The molecule has 0 spiro atoms. The van der Waals surface area contributed by atoms with Crippen LogP contribution in [0, 0.1) is 0 Å². The molecule has 0 aliphatic rings. The molecule has 1 N–H and O–H groups in total. The SMILES string of the molecule is CCCNC(CC)CCCn1cnccc1=O. The molecule has 0 aliphatic heterocycles. The first-order valence-corrected chi connectivity index (χ1v) is 6.51. The molecule has 0 bridgehead atoms. The van der Waals surface area contributed by atoms with Gasteiger partial charge in [0.05, 0.1) is 6.33 Å². The van der Waals surface area contributed by atoms with Crippen LogP contribution in [0.3, 0.4) is 0 Å². The summed E-state index contributed by atoms with van der Waals surface area (Å²) in [4.78, 5) is 15.4. The maximum absolute atomic E-state index is 11.4. The van der Waals surface area contributed by atoms with Gasteiger partial charge in [-0.3, -0.25) is 9.36 Å². The van der Waals surface area contributed by atoms with Crippen LogP contribution in [0.5, 0.6) is 0 Å². The summed E-state index contributed by atoms with van der Waals surface area (Å²) in [7, 11) is 0. The maximum Gasteiger partial charge on any atom is 0.253 e. The summed E-state index contributed by atoms with van der Waals surface area (Å²) < 4.78 is 1.67. The molecule has 1 unspecified atom stereocenters. The van der Waals surface area contributed by atoms with Gasteiger partial charge in [-0.15, -0.1) is 0 Å². The predicted octanol–water partition coefficient (Wildman–Crippen LogP) is 1.80. The van der Waals surface area contributed by atoms with Gasteiger partial charge >= 0.3 is 0 Å². The van der Waals surface area contributed by atoms with Crippen LogP contribution >= 0.6 is 0 Å². The fraction of sp³-hybridized carbons (Fsp3) is 0.692. The molecule has 17 heavy (non-hydrogen) atoms. The van der Waals surface area contributed by atoms with E-state index in [2.05, 4.69) is 24.1 Å². The second kappa shape index (κ2) is 8.01. The highest BCUT2D eigenvalue weighted by Gasteiger charge is 2.04. The molecule has 4 heteroatoms. The fourth-order valence-electron chi connectivity index (χ4n) is 1.85. The number of nitrogens with one attached hydrogen (secondary N) is 1. The zero-order chi connectivity index (χ0) is 12.5. The number of hydrogen-bond donors (Lipinski definition) is 1. The highest BCUT2D eigenvalue weighted by atomic mass is 16.1. The zero-order valence-corrected chi connectivity index (χ0v) is 10.9. The molecule has 4 nitrogen and oxygen atoms in total. The number of aryl methyl sites for hydroxylation is 1. The van der Waals surface area contributed by atoms with E-state index in [9.17, 15) is 4.79 Å². The molecule has 0 fully saturated rings. The Kier molecular flexibility index (Phi) is 6.55. The van der Waals surface area contributed by atoms with E-state index in [0.29, 0.717) is 6.04 Å². The molecular weight excluding hydrogens is 214 g/mol. The summed E-state index contributed by atoms with van der Waals surface area (Å²) in [5.74, 6) is 0. The summed E-state index contributed by atoms with van der Waals surface area (Å²) in [6.07, 6.45) is 7.58. The van der Waals surface area contributed by atoms with Gasteiger partial charge in [0.1, 0.15) is 0 Å². The highest BCUT2D eigenvalue weighted by Crippen LogP contribution is 2.02. The van der Waals surface area contributed by atoms with Gasteiger partial charge < -0.3 is 5.32 Å². The molecule has 0 aromatic carbocycles. The van der Waals surface area contributed by atoms with Crippen molar-refractivity contribution in [2.24, 2.45) is 0 Å². The van der Waals surface area contributed by atoms with Gasteiger partial charge in [0.2, 0.25) is 0 Å². The van der Waals surface area contributed by atoms with Crippen LogP contribution in [0.2, 0.25) is 0 Å². The van der Waals surface area contributed by atoms with Crippen LogP contribution in [-0.4, -0.2) is 22.1 Å². The smallest absolute Gasteiger partial charge is 0.253 e. The minimum absolute atomic E-state index is 0.0366. The summed E-state index contributed by atoms with van der Waals surface area (Å²) in [5, 5.41) is 3.52. The average Bonchev–Trinajstić information content (AvgIpc) is 2.35. The van der Waals surface area contributed by atoms with E-state index >= 15 is 0 Å². The molecule has 96 valence electrons. The summed E-state index contributed by atoms with van der Waals surface area (Å²) in [6.45, 7) is 6.21. The first kappa shape index (κ1) is 13.9. The fourth-order valence-corrected chi connectivity index (χ4v) is 1.85. The summed E-state index contributed by atoms with van der Waals surface area (Å²) in [5.41, 5.74) is 0.0366. The van der Waals surface area contributed by atoms with Gasteiger partial charge in [-0.2, -0.15) is 0 Å². The average molecular weight is 237 g/mol. The van der Waals surface area contributed by atoms with Crippen LogP contribution in [-0.2, 0) is 6.54 Å². The Morgan fingerprint density at radius 3 is 2.94 bits per heavy atom. The van der Waals surface area contributed by atoms with Crippen molar-refractivity contribution in [3.05, 3.63) is 28.9 Å². The van der Waals surface area contributed by atoms with Crippen LogP contribution in [0.1, 0.15) is 39.5 Å². The minimum Gasteiger partial charge on any atom is -0.314 e. The lowest BCUT2D eigenvalue weighted by Gasteiger charge is -2.16. The first-order chi connectivity index (χ1) is 8.27. The lowest BCUT2D eigenvalue weighted by atomic mass is 10.1. The Morgan fingerprint density at radius 2 is 2.29 bits per heavy atom. The number of aromatic nitrogens is 2. The Hall–Kier alpha value is -1.16. The van der Waals surface area contributed by atoms with Crippen molar-refractivity contribution in [1.29, 1.82) is 0 Å². The molecule has 1 aromatic rings. The second-order valence-corrected chi connectivity index (χ2v) is 4.31. The first-order valence-electron chi connectivity index (χ1n) is 6.51. The van der Waals surface area contributed by atoms with E-state index < -0.39 is 0 Å². The quantitative estimate of drug-likeness (QED) is 0.750. The Morgan fingerprint density at radius 1 is 1.47 bits per heavy atom. The third kappa shape index (κ3) is 5.13. The molecule has 1 aromatic heterocycles. The van der Waals surface area contributed by atoms with E-state index in [1.54, 1.807) is 10.9 Å². The van der Waals surface area contributed by atoms with Crippen molar-refractivity contribution in [3.8, 4) is 0 Å². The lowest BCUT2D eigenvalue weighted by molar-refractivity contribution is 0.436. The topological polar surface area (TPSA) is 46.9 Å². The van der Waals surface area contributed by atoms with Crippen LogP contribution < -0.4 is 10.9 Å². The van der Waals surface area contributed by atoms with Crippen LogP contribution in [0.25, 0.3) is 0 Å². The Bertz CT molecular complexity index is 362. The molecule has 0 saturated carbocycles. The van der Waals surface area contributed by atoms with Gasteiger partial charge in [-0.1, -0.05) is 13.8 Å². The van der Waals surface area contributed by atoms with E-state index in [4.69, 9.17) is 0 Å². The zero-order valence-electron chi connectivity index (χ0n) is 10.9.